The lowest BCUT2D eigenvalue weighted by Gasteiger charge is -2.34. The summed E-state index contributed by atoms with van der Waals surface area (Å²) in [6, 6.07) is 12.8. The number of sulfonamides is 1. The van der Waals surface area contributed by atoms with Gasteiger partial charge in [-0.1, -0.05) is 6.07 Å². The van der Waals surface area contributed by atoms with Gasteiger partial charge in [0.05, 0.1) is 17.1 Å². The van der Waals surface area contributed by atoms with Crippen molar-refractivity contribution >= 4 is 33.3 Å². The Kier molecular flexibility index (Phi) is 6.18. The van der Waals surface area contributed by atoms with Gasteiger partial charge in [0.25, 0.3) is 5.91 Å². The number of hydrogen-bond acceptors (Lipinski definition) is 5. The van der Waals surface area contributed by atoms with E-state index in [1.54, 1.807) is 41.3 Å². The second-order valence-electron chi connectivity index (χ2n) is 7.99. The molecule has 2 aliphatic heterocycles. The average Bonchev–Trinajstić information content (AvgIpc) is 3.19. The van der Waals surface area contributed by atoms with Gasteiger partial charge in [0, 0.05) is 43.1 Å². The van der Waals surface area contributed by atoms with Crippen molar-refractivity contribution in [2.45, 2.75) is 31.0 Å². The number of carbonyl (C=O) groups excluding carboxylic acids is 2. The van der Waals surface area contributed by atoms with Crippen molar-refractivity contribution < 1.29 is 22.7 Å². The van der Waals surface area contributed by atoms with Crippen LogP contribution in [0.2, 0.25) is 0 Å². The van der Waals surface area contributed by atoms with E-state index in [1.165, 1.54) is 16.4 Å². The van der Waals surface area contributed by atoms with Gasteiger partial charge in [-0.15, -0.1) is 0 Å². The number of benzene rings is 2. The molecule has 2 aromatic carbocycles. The highest BCUT2D eigenvalue weighted by molar-refractivity contribution is 7.89. The van der Waals surface area contributed by atoms with Crippen molar-refractivity contribution in [3.05, 3.63) is 54.1 Å². The molecule has 0 aliphatic carbocycles. The van der Waals surface area contributed by atoms with Crippen LogP contribution in [0.1, 0.15) is 24.2 Å². The second kappa shape index (κ2) is 8.89. The number of urea groups is 1. The Morgan fingerprint density at radius 2 is 1.78 bits per heavy atom. The molecular formula is C22H26N4O5S. The molecular weight excluding hydrogens is 432 g/mol. The molecule has 10 heteroatoms. The minimum Gasteiger partial charge on any atom is -0.373 e. The van der Waals surface area contributed by atoms with E-state index in [0.717, 1.165) is 5.69 Å². The number of ether oxygens (including phenoxy) is 1. The monoisotopic (exact) mass is 458 g/mol. The van der Waals surface area contributed by atoms with E-state index in [-0.39, 0.29) is 41.8 Å². The quantitative estimate of drug-likeness (QED) is 0.715. The summed E-state index contributed by atoms with van der Waals surface area (Å²) in [6.45, 7) is 5.40. The third-order valence-corrected chi connectivity index (χ3v) is 7.24. The van der Waals surface area contributed by atoms with Gasteiger partial charge in [-0.2, -0.15) is 4.31 Å². The van der Waals surface area contributed by atoms with Gasteiger partial charge >= 0.3 is 6.03 Å². The number of anilines is 2. The third-order valence-electron chi connectivity index (χ3n) is 5.41. The van der Waals surface area contributed by atoms with Gasteiger partial charge in [-0.25, -0.2) is 13.2 Å². The van der Waals surface area contributed by atoms with Crippen LogP contribution in [0.3, 0.4) is 0 Å². The van der Waals surface area contributed by atoms with Crippen molar-refractivity contribution in [1.29, 1.82) is 0 Å². The molecule has 2 atom stereocenters. The fraction of sp³-hybridized carbons (Fsp3) is 0.364. The lowest BCUT2D eigenvalue weighted by molar-refractivity contribution is -0.0440. The molecule has 2 unspecified atom stereocenters. The Morgan fingerprint density at radius 3 is 2.41 bits per heavy atom. The lowest BCUT2D eigenvalue weighted by Crippen LogP contribution is -2.48. The van der Waals surface area contributed by atoms with E-state index in [1.807, 2.05) is 13.8 Å². The Balaban J connectivity index is 1.48. The minimum atomic E-state index is -3.75. The molecule has 170 valence electrons. The number of hydrogen-bond donors (Lipinski definition) is 2. The lowest BCUT2D eigenvalue weighted by atomic mass is 10.2. The predicted molar refractivity (Wildman–Crippen MR) is 120 cm³/mol. The first kappa shape index (κ1) is 22.3. The fourth-order valence-electron chi connectivity index (χ4n) is 3.92. The number of rotatable bonds is 5. The minimum absolute atomic E-state index is 0.0712. The molecule has 0 spiro atoms. The summed E-state index contributed by atoms with van der Waals surface area (Å²) in [6.07, 6.45) is -0.399. The zero-order valence-corrected chi connectivity index (χ0v) is 18.8. The van der Waals surface area contributed by atoms with Gasteiger partial charge in [-0.3, -0.25) is 9.69 Å². The molecule has 2 fully saturated rings. The number of morpholine rings is 1. The van der Waals surface area contributed by atoms with E-state index in [4.69, 9.17) is 4.74 Å². The molecule has 9 nitrogen and oxygen atoms in total. The molecule has 0 bridgehead atoms. The van der Waals surface area contributed by atoms with Gasteiger partial charge in [0.1, 0.15) is 0 Å². The van der Waals surface area contributed by atoms with Gasteiger partial charge in [0.15, 0.2) is 0 Å². The van der Waals surface area contributed by atoms with Crippen molar-refractivity contribution in [3.63, 3.8) is 0 Å². The topological polar surface area (TPSA) is 108 Å². The average molecular weight is 459 g/mol. The third kappa shape index (κ3) is 4.62. The number of amides is 3. The van der Waals surface area contributed by atoms with Gasteiger partial charge in [0.2, 0.25) is 10.0 Å². The van der Waals surface area contributed by atoms with E-state index in [0.29, 0.717) is 18.8 Å². The zero-order valence-electron chi connectivity index (χ0n) is 17.9. The Morgan fingerprint density at radius 1 is 1.09 bits per heavy atom. The van der Waals surface area contributed by atoms with Crippen LogP contribution in [0, 0.1) is 0 Å². The normalized spacial score (nSPS) is 21.9. The smallest absolute Gasteiger partial charge is 0.321 e. The Labute approximate surface area is 187 Å². The maximum Gasteiger partial charge on any atom is 0.321 e. The van der Waals surface area contributed by atoms with E-state index >= 15 is 0 Å². The fourth-order valence-corrected chi connectivity index (χ4v) is 5.56. The molecule has 2 heterocycles. The molecule has 0 aromatic heterocycles. The molecule has 4 rings (SSSR count). The maximum absolute atomic E-state index is 13.1. The molecule has 3 amide bonds. The first-order valence-corrected chi connectivity index (χ1v) is 11.9. The number of nitrogens with zero attached hydrogens (tertiary/aromatic N) is 2. The molecule has 2 saturated heterocycles. The predicted octanol–water partition coefficient (Wildman–Crippen LogP) is 2.27. The molecule has 32 heavy (non-hydrogen) atoms. The van der Waals surface area contributed by atoms with Gasteiger partial charge < -0.3 is 15.4 Å². The summed E-state index contributed by atoms with van der Waals surface area (Å²) < 4.78 is 33.2. The largest absolute Gasteiger partial charge is 0.373 e. The highest BCUT2D eigenvalue weighted by Crippen LogP contribution is 2.23. The summed E-state index contributed by atoms with van der Waals surface area (Å²) in [5, 5.41) is 5.51. The maximum atomic E-state index is 13.1. The van der Waals surface area contributed by atoms with Crippen LogP contribution in [0.15, 0.2) is 53.4 Å². The summed E-state index contributed by atoms with van der Waals surface area (Å²) in [7, 11) is -3.75. The molecule has 2 N–H and O–H groups in total. The van der Waals surface area contributed by atoms with E-state index in [9.17, 15) is 18.0 Å². The standard InChI is InChI=1S/C22H26N4O5S/c1-15-13-25(14-16(2)31-15)32(29,30)20-5-3-4-17(12-20)21(27)24-18-6-8-19(9-7-18)26-11-10-23-22(26)28/h3-9,12,15-16H,10-11,13-14H2,1-2H3,(H,23,28)(H,24,27). The van der Waals surface area contributed by atoms with E-state index in [2.05, 4.69) is 10.6 Å². The number of nitrogens with one attached hydrogen (secondary N) is 2. The van der Waals surface area contributed by atoms with Gasteiger partial charge in [-0.05, 0) is 56.3 Å². The number of carbonyl (C=O) groups is 2. The first-order valence-electron chi connectivity index (χ1n) is 10.5. The van der Waals surface area contributed by atoms with E-state index < -0.39 is 15.9 Å². The Bertz CT molecular complexity index is 1110. The molecule has 2 aromatic rings. The highest BCUT2D eigenvalue weighted by atomic mass is 32.2. The summed E-state index contributed by atoms with van der Waals surface area (Å²) in [4.78, 5) is 26.2. The van der Waals surface area contributed by atoms with Crippen molar-refractivity contribution in [2.24, 2.45) is 0 Å². The first-order chi connectivity index (χ1) is 15.2. The van der Waals surface area contributed by atoms with Crippen LogP contribution in [-0.4, -0.2) is 63.0 Å². The van der Waals surface area contributed by atoms with Crippen molar-refractivity contribution in [1.82, 2.24) is 9.62 Å². The summed E-state index contributed by atoms with van der Waals surface area (Å²) in [5.41, 5.74) is 1.52. The Hall–Kier alpha value is -2.95. The molecule has 0 radical (unpaired) electrons. The van der Waals surface area contributed by atoms with Crippen LogP contribution >= 0.6 is 0 Å². The van der Waals surface area contributed by atoms with Crippen LogP contribution < -0.4 is 15.5 Å². The molecule has 2 aliphatic rings. The van der Waals surface area contributed by atoms with Crippen LogP contribution in [0.5, 0.6) is 0 Å². The molecule has 0 saturated carbocycles. The highest BCUT2D eigenvalue weighted by Gasteiger charge is 2.32. The SMILES string of the molecule is CC1CN(S(=O)(=O)c2cccc(C(=O)Nc3ccc(N4CCNC4=O)cc3)c2)CC(C)O1. The second-order valence-corrected chi connectivity index (χ2v) is 9.93. The van der Waals surface area contributed by atoms with Crippen LogP contribution in [0.4, 0.5) is 16.2 Å². The van der Waals surface area contributed by atoms with Crippen molar-refractivity contribution in [2.75, 3.05) is 36.4 Å². The zero-order chi connectivity index (χ0) is 22.9. The van der Waals surface area contributed by atoms with Crippen LogP contribution in [-0.2, 0) is 14.8 Å². The van der Waals surface area contributed by atoms with Crippen molar-refractivity contribution in [3.8, 4) is 0 Å². The summed E-state index contributed by atoms with van der Waals surface area (Å²) >= 11 is 0. The van der Waals surface area contributed by atoms with Crippen LogP contribution in [0.25, 0.3) is 0 Å². The summed E-state index contributed by atoms with van der Waals surface area (Å²) in [5.74, 6) is -0.419.